The number of imidazole rings is 1. The average molecular weight is 1050 g/mol. The maximum absolute atomic E-state index is 14.1. The minimum Gasteiger partial charge on any atom is -0.501 e. The number of para-hydroxylation sites is 2. The molecule has 0 saturated heterocycles. The number of nitrogens with zero attached hydrogens (tertiary/aromatic N) is 4. The van der Waals surface area contributed by atoms with Crippen molar-refractivity contribution in [3.05, 3.63) is 180 Å². The molecule has 0 bridgehead atoms. The summed E-state index contributed by atoms with van der Waals surface area (Å²) >= 11 is 0. The van der Waals surface area contributed by atoms with Gasteiger partial charge in [0.15, 0.2) is 0 Å². The van der Waals surface area contributed by atoms with Crippen molar-refractivity contribution in [1.82, 2.24) is 19.5 Å². The quantitative estimate of drug-likeness (QED) is 0.160. The smallest absolute Gasteiger partial charge is 0.292 e. The third kappa shape index (κ3) is 8.55. The Morgan fingerprint density at radius 3 is 2.12 bits per heavy atom. The molecule has 10 heteroatoms. The van der Waals surface area contributed by atoms with Crippen LogP contribution in [0.5, 0.6) is 0 Å². The molecule has 0 aliphatic heterocycles. The van der Waals surface area contributed by atoms with E-state index in [0.29, 0.717) is 11.3 Å². The number of pyridine rings is 2. The van der Waals surface area contributed by atoms with Gasteiger partial charge in [-0.05, 0) is 80.6 Å². The molecular weight excluding hydrogens is 1010 g/mol. The summed E-state index contributed by atoms with van der Waals surface area (Å²) in [6.07, 6.45) is 3.57. The molecule has 0 saturated carbocycles. The van der Waals surface area contributed by atoms with Gasteiger partial charge < -0.3 is 19.1 Å². The number of carboxylic acid groups (broad SMARTS) is 1. The van der Waals surface area contributed by atoms with E-state index in [4.69, 9.17) is 19.5 Å². The van der Waals surface area contributed by atoms with Crippen LogP contribution < -0.4 is 0 Å². The first-order valence-electron chi connectivity index (χ1n) is 21.6. The number of furan rings is 1. The molecule has 6 aromatic carbocycles. The Hall–Kier alpha value is -6.87. The largest absolute Gasteiger partial charge is 0.501 e. The van der Waals surface area contributed by atoms with Gasteiger partial charge in [0.05, 0.1) is 34.2 Å². The Morgan fingerprint density at radius 2 is 1.45 bits per heavy atom. The summed E-state index contributed by atoms with van der Waals surface area (Å²) in [5.41, 5.74) is 11.8. The van der Waals surface area contributed by atoms with E-state index in [9.17, 15) is 13.6 Å². The van der Waals surface area contributed by atoms with Crippen LogP contribution in [0.4, 0.5) is 8.78 Å². The number of benzene rings is 6. The summed E-state index contributed by atoms with van der Waals surface area (Å²) in [5.74, 6) is -0.761. The van der Waals surface area contributed by atoms with Crippen LogP contribution in [0.1, 0.15) is 87.4 Å². The maximum Gasteiger partial charge on any atom is 0.292 e. The topological polar surface area (TPSA) is 94.0 Å². The average Bonchev–Trinajstić information content (AvgIpc) is 3.87. The molecule has 0 aliphatic rings. The van der Waals surface area contributed by atoms with Crippen LogP contribution in [0.3, 0.4) is 0 Å². The van der Waals surface area contributed by atoms with Gasteiger partial charge in [0.1, 0.15) is 11.4 Å². The first-order chi connectivity index (χ1) is 31.2. The van der Waals surface area contributed by atoms with Crippen LogP contribution in [0.2, 0.25) is 0 Å². The van der Waals surface area contributed by atoms with E-state index < -0.39 is 11.8 Å². The van der Waals surface area contributed by atoms with Crippen molar-refractivity contribution in [1.29, 1.82) is 0 Å². The van der Waals surface area contributed by atoms with Gasteiger partial charge in [-0.3, -0.25) is 19.2 Å². The van der Waals surface area contributed by atoms with Crippen LogP contribution in [0.15, 0.2) is 138 Å². The van der Waals surface area contributed by atoms with E-state index in [1.54, 1.807) is 24.4 Å². The van der Waals surface area contributed by atoms with Crippen molar-refractivity contribution in [3.63, 3.8) is 0 Å². The fraction of sp³-hybridized carbons (Fsp3) is 0.179. The second-order valence-electron chi connectivity index (χ2n) is 17.9. The molecule has 333 valence electrons. The second kappa shape index (κ2) is 18.2. The van der Waals surface area contributed by atoms with E-state index >= 15 is 0 Å². The molecule has 7 nitrogen and oxygen atoms in total. The van der Waals surface area contributed by atoms with Gasteiger partial charge in [-0.1, -0.05) is 144 Å². The molecule has 0 unspecified atom stereocenters. The summed E-state index contributed by atoms with van der Waals surface area (Å²) in [5, 5.41) is 11.8. The molecule has 0 atom stereocenters. The summed E-state index contributed by atoms with van der Waals surface area (Å²) in [7, 11) is 0. The number of hydrogen-bond acceptors (Lipinski definition) is 5. The van der Waals surface area contributed by atoms with Gasteiger partial charge in [0, 0.05) is 48.6 Å². The van der Waals surface area contributed by atoms with Crippen LogP contribution in [-0.2, 0) is 25.5 Å². The number of fused-ring (bicyclic) bond motifs is 6. The Labute approximate surface area is 395 Å². The molecule has 1 radical (unpaired) electrons. The van der Waals surface area contributed by atoms with E-state index in [0.717, 1.165) is 78.1 Å². The maximum atomic E-state index is 14.1. The van der Waals surface area contributed by atoms with Crippen LogP contribution in [0, 0.1) is 23.8 Å². The zero-order valence-electron chi connectivity index (χ0n) is 37.5. The standard InChI is InChI=1S/C40H31FN3O.C16H15FNO2.Ir/c1-23(2)28-13-8-14-29(24(3)4)37(28)44-38-32-12-5-6-17-34(32)42-22-35(38)43-40(44)33-16-9-15-31-30-19-18-26(21-36(30)45-39(31)33)25-10-7-11-27(41)20-25;1-16(2,3)11-5-7-14(18-9-11)12-6-4-10(15(19)20)8-13(12)17;/h5-15,17-24H,1-4H3;4-5,7-9H,1-3H3,(H,19,20);/q2*-1;. The Bertz CT molecular complexity index is 3410. The number of hydrogen-bond donors (Lipinski definition) is 1. The van der Waals surface area contributed by atoms with Crippen LogP contribution in [-0.4, -0.2) is 30.6 Å². The third-order valence-corrected chi connectivity index (χ3v) is 11.8. The minimum absolute atomic E-state index is 0. The molecule has 66 heavy (non-hydrogen) atoms. The predicted octanol–water partition coefficient (Wildman–Crippen LogP) is 14.7. The van der Waals surface area contributed by atoms with Crippen LogP contribution >= 0.6 is 0 Å². The van der Waals surface area contributed by atoms with Crippen molar-refractivity contribution in [2.75, 3.05) is 0 Å². The van der Waals surface area contributed by atoms with Crippen molar-refractivity contribution >= 4 is 49.8 Å². The van der Waals surface area contributed by atoms with Crippen molar-refractivity contribution in [3.8, 4) is 39.5 Å². The number of halogens is 2. The van der Waals surface area contributed by atoms with Crippen molar-refractivity contribution < 1.29 is 43.2 Å². The summed E-state index contributed by atoms with van der Waals surface area (Å²) in [6, 6.07) is 43.5. The number of carboxylic acids is 1. The number of carbonyl (C=O) groups is 1. The summed E-state index contributed by atoms with van der Waals surface area (Å²) in [4.78, 5) is 25.0. The molecule has 10 aromatic rings. The molecular formula is C56H46F2IrN4O3-2. The van der Waals surface area contributed by atoms with Crippen molar-refractivity contribution in [2.24, 2.45) is 0 Å². The predicted molar refractivity (Wildman–Crippen MR) is 256 cm³/mol. The van der Waals surface area contributed by atoms with Gasteiger partial charge in [-0.15, -0.1) is 30.3 Å². The number of aromatic nitrogens is 4. The zero-order valence-corrected chi connectivity index (χ0v) is 39.9. The Kier molecular flexibility index (Phi) is 12.6. The molecule has 4 heterocycles. The van der Waals surface area contributed by atoms with Gasteiger partial charge in [-0.25, -0.2) is 4.39 Å². The Balaban J connectivity index is 0.000000238. The molecule has 0 aliphatic carbocycles. The monoisotopic (exact) mass is 1050 g/mol. The summed E-state index contributed by atoms with van der Waals surface area (Å²) in [6.45, 7) is 15.2. The molecule has 1 N–H and O–H groups in total. The van der Waals surface area contributed by atoms with Gasteiger partial charge in [-0.2, -0.15) is 0 Å². The number of aromatic carboxylic acids is 1. The first-order valence-corrected chi connectivity index (χ1v) is 21.6. The van der Waals surface area contributed by atoms with Gasteiger partial charge >= 0.3 is 0 Å². The SMILES string of the molecule is CC(C)(C)c1ccc(-c2[c-]cc(C(=O)O)cc2F)nc1.CC(C)c1cccc(C(C)C)c1-n1c(-c2[c-]ccc3c2oc2cc(-c4cccc(F)c4)ccc23)nc2cnc3ccccc3c21.[Ir]. The van der Waals surface area contributed by atoms with E-state index in [1.165, 1.54) is 23.3 Å². The van der Waals surface area contributed by atoms with Crippen LogP contribution in [0.25, 0.3) is 83.3 Å². The molecule has 0 spiro atoms. The fourth-order valence-electron chi connectivity index (χ4n) is 8.39. The first kappa shape index (κ1) is 45.7. The van der Waals surface area contributed by atoms with E-state index in [2.05, 4.69) is 107 Å². The fourth-order valence-corrected chi connectivity index (χ4v) is 8.39. The third-order valence-electron chi connectivity index (χ3n) is 11.8. The Morgan fingerprint density at radius 1 is 0.727 bits per heavy atom. The normalized spacial score (nSPS) is 11.7. The molecule has 0 fully saturated rings. The van der Waals surface area contributed by atoms with E-state index in [1.807, 2.05) is 54.7 Å². The van der Waals surface area contributed by atoms with E-state index in [-0.39, 0.29) is 54.3 Å². The second-order valence-corrected chi connectivity index (χ2v) is 17.9. The molecule has 10 rings (SSSR count). The van der Waals surface area contributed by atoms with Gasteiger partial charge in [0.2, 0.25) is 0 Å². The number of rotatable bonds is 7. The van der Waals surface area contributed by atoms with Gasteiger partial charge in [0.25, 0.3) is 5.97 Å². The molecule has 4 aromatic heterocycles. The minimum atomic E-state index is -1.18. The van der Waals surface area contributed by atoms with Crippen molar-refractivity contribution in [2.45, 2.75) is 65.7 Å². The summed E-state index contributed by atoms with van der Waals surface area (Å²) < 4.78 is 36.9. The molecule has 0 amide bonds. The zero-order chi connectivity index (χ0) is 45.7.